The first-order valence-corrected chi connectivity index (χ1v) is 3.81. The number of carbonyl (C=O) groups excluding carboxylic acids is 2. The van der Waals surface area contributed by atoms with Crippen molar-refractivity contribution in [1.29, 1.82) is 0 Å². The van der Waals surface area contributed by atoms with Crippen LogP contribution in [0.5, 0.6) is 0 Å². The lowest BCUT2D eigenvalue weighted by atomic mass is 10.2. The summed E-state index contributed by atoms with van der Waals surface area (Å²) in [5, 5.41) is -0.409. The minimum Gasteiger partial charge on any atom is -0.284 e. The summed E-state index contributed by atoms with van der Waals surface area (Å²) in [6.07, 6.45) is 3.04. The van der Waals surface area contributed by atoms with Gasteiger partial charge in [-0.1, -0.05) is 0 Å². The normalized spacial score (nSPS) is 15.3. The number of aromatic nitrogens is 1. The van der Waals surface area contributed by atoms with Gasteiger partial charge in [-0.25, -0.2) is 0 Å². The first-order chi connectivity index (χ1) is 5.29. The van der Waals surface area contributed by atoms with E-state index in [1.54, 1.807) is 6.07 Å². The van der Waals surface area contributed by atoms with Crippen molar-refractivity contribution in [3.63, 3.8) is 0 Å². The van der Waals surface area contributed by atoms with E-state index in [0.717, 1.165) is 11.8 Å². The van der Waals surface area contributed by atoms with Gasteiger partial charge in [-0.15, -0.1) is 0 Å². The van der Waals surface area contributed by atoms with Crippen LogP contribution in [-0.2, 0) is 4.79 Å². The zero-order valence-electron chi connectivity index (χ0n) is 5.40. The average Bonchev–Trinajstić information content (AvgIpc) is 2.30. The maximum Gasteiger partial charge on any atom is 0.264 e. The van der Waals surface area contributed by atoms with E-state index < -0.39 is 10.9 Å². The summed E-state index contributed by atoms with van der Waals surface area (Å²) in [5.74, 6) is -0.410. The topological polar surface area (TPSA) is 47.0 Å². The van der Waals surface area contributed by atoms with E-state index in [-0.39, 0.29) is 0 Å². The number of nitrogens with zero attached hydrogens (tertiary/aromatic N) is 1. The van der Waals surface area contributed by atoms with Gasteiger partial charge in [0.1, 0.15) is 0 Å². The number of thioether (sulfide) groups is 1. The van der Waals surface area contributed by atoms with E-state index in [1.807, 2.05) is 0 Å². The molecular formula is C7H3NO2S. The molecule has 1 aliphatic rings. The monoisotopic (exact) mass is 165 g/mol. The highest BCUT2D eigenvalue weighted by Crippen LogP contribution is 2.30. The van der Waals surface area contributed by atoms with Crippen LogP contribution in [0.3, 0.4) is 0 Å². The second-order valence-electron chi connectivity index (χ2n) is 2.09. The second kappa shape index (κ2) is 2.17. The highest BCUT2D eigenvalue weighted by atomic mass is 32.2. The molecule has 0 bridgehead atoms. The number of ketones is 1. The van der Waals surface area contributed by atoms with Crippen LogP contribution >= 0.6 is 11.8 Å². The van der Waals surface area contributed by atoms with Crippen molar-refractivity contribution in [2.24, 2.45) is 0 Å². The van der Waals surface area contributed by atoms with Gasteiger partial charge in [0.05, 0.1) is 0 Å². The summed E-state index contributed by atoms with van der Waals surface area (Å²) in [5.41, 5.74) is 0.481. The lowest BCUT2D eigenvalue weighted by Crippen LogP contribution is -2.01. The quantitative estimate of drug-likeness (QED) is 0.536. The third-order valence-corrected chi connectivity index (χ3v) is 2.33. The number of rotatable bonds is 0. The lowest BCUT2D eigenvalue weighted by molar-refractivity contribution is -0.107. The van der Waals surface area contributed by atoms with Crippen molar-refractivity contribution in [2.75, 3.05) is 0 Å². The maximum atomic E-state index is 11.0. The molecule has 2 heterocycles. The third kappa shape index (κ3) is 0.867. The van der Waals surface area contributed by atoms with Crippen LogP contribution in [0, 0.1) is 0 Å². The van der Waals surface area contributed by atoms with E-state index in [0.29, 0.717) is 10.5 Å². The molecule has 0 aliphatic carbocycles. The molecule has 0 amide bonds. The number of fused-ring (bicyclic) bond motifs is 1. The molecule has 0 unspecified atom stereocenters. The van der Waals surface area contributed by atoms with Gasteiger partial charge < -0.3 is 0 Å². The highest BCUT2D eigenvalue weighted by molar-refractivity contribution is 8.16. The minimum atomic E-state index is -0.410. The SMILES string of the molecule is O=C1Sc2cnccc2C1=O. The van der Waals surface area contributed by atoms with E-state index in [1.165, 1.54) is 12.4 Å². The van der Waals surface area contributed by atoms with Gasteiger partial charge in [-0.2, -0.15) is 0 Å². The molecule has 0 saturated carbocycles. The fourth-order valence-corrected chi connectivity index (χ4v) is 1.69. The zero-order valence-corrected chi connectivity index (χ0v) is 6.22. The molecule has 0 aromatic carbocycles. The molecule has 0 atom stereocenters. The van der Waals surface area contributed by atoms with Gasteiger partial charge in [0.15, 0.2) is 0 Å². The molecule has 1 aromatic heterocycles. The second-order valence-corrected chi connectivity index (χ2v) is 3.11. The van der Waals surface area contributed by atoms with Crippen molar-refractivity contribution >= 4 is 22.7 Å². The van der Waals surface area contributed by atoms with Gasteiger partial charge in [0.25, 0.3) is 5.12 Å². The summed E-state index contributed by atoms with van der Waals surface area (Å²) in [4.78, 5) is 26.3. The van der Waals surface area contributed by atoms with Crippen LogP contribution in [0.25, 0.3) is 0 Å². The van der Waals surface area contributed by atoms with Gasteiger partial charge in [0, 0.05) is 22.9 Å². The molecule has 0 saturated heterocycles. The Labute approximate surface area is 66.8 Å². The fourth-order valence-electron chi connectivity index (χ4n) is 0.905. The first-order valence-electron chi connectivity index (χ1n) is 2.99. The lowest BCUT2D eigenvalue weighted by Gasteiger charge is -1.88. The number of hydrogen-bond donors (Lipinski definition) is 0. The number of hydrogen-bond acceptors (Lipinski definition) is 4. The van der Waals surface area contributed by atoms with Gasteiger partial charge in [-0.05, 0) is 17.8 Å². The summed E-state index contributed by atoms with van der Waals surface area (Å²) in [6, 6.07) is 1.57. The molecule has 0 fully saturated rings. The van der Waals surface area contributed by atoms with Crippen LogP contribution in [0.1, 0.15) is 10.4 Å². The molecule has 1 aliphatic heterocycles. The van der Waals surface area contributed by atoms with Crippen molar-refractivity contribution < 1.29 is 9.59 Å². The van der Waals surface area contributed by atoms with Crippen LogP contribution < -0.4 is 0 Å². The van der Waals surface area contributed by atoms with Crippen LogP contribution in [0.15, 0.2) is 23.4 Å². The molecule has 2 rings (SSSR count). The summed E-state index contributed by atoms with van der Waals surface area (Å²) < 4.78 is 0. The highest BCUT2D eigenvalue weighted by Gasteiger charge is 2.28. The fraction of sp³-hybridized carbons (Fsp3) is 0. The predicted octanol–water partition coefficient (Wildman–Crippen LogP) is 0.897. The zero-order chi connectivity index (χ0) is 7.84. The number of Topliss-reactive ketones (excluding diaryl/α,β-unsaturated/α-hetero) is 1. The Hall–Kier alpha value is -1.16. The van der Waals surface area contributed by atoms with Gasteiger partial charge in [0.2, 0.25) is 5.78 Å². The van der Waals surface area contributed by atoms with Crippen molar-refractivity contribution in [2.45, 2.75) is 4.90 Å². The molecule has 0 radical (unpaired) electrons. The maximum absolute atomic E-state index is 11.0. The Morgan fingerprint density at radius 3 is 2.91 bits per heavy atom. The summed E-state index contributed by atoms with van der Waals surface area (Å²) in [7, 11) is 0. The van der Waals surface area contributed by atoms with E-state index in [9.17, 15) is 9.59 Å². The van der Waals surface area contributed by atoms with E-state index in [2.05, 4.69) is 4.98 Å². The Bertz CT molecular complexity index is 348. The van der Waals surface area contributed by atoms with Gasteiger partial charge in [-0.3, -0.25) is 14.6 Å². The summed E-state index contributed by atoms with van der Waals surface area (Å²) in [6.45, 7) is 0. The molecule has 0 N–H and O–H groups in total. The third-order valence-electron chi connectivity index (χ3n) is 1.42. The smallest absolute Gasteiger partial charge is 0.264 e. The van der Waals surface area contributed by atoms with Gasteiger partial charge >= 0.3 is 0 Å². The predicted molar refractivity (Wildman–Crippen MR) is 39.4 cm³/mol. The van der Waals surface area contributed by atoms with E-state index >= 15 is 0 Å². The molecule has 1 aromatic rings. The first kappa shape index (κ1) is 6.54. The van der Waals surface area contributed by atoms with Crippen LogP contribution in [0.4, 0.5) is 0 Å². The van der Waals surface area contributed by atoms with Crippen molar-refractivity contribution in [1.82, 2.24) is 4.98 Å². The minimum absolute atomic E-state index is 0.409. The van der Waals surface area contributed by atoms with Crippen LogP contribution in [0.2, 0.25) is 0 Å². The van der Waals surface area contributed by atoms with Crippen molar-refractivity contribution in [3.8, 4) is 0 Å². The van der Waals surface area contributed by atoms with Crippen molar-refractivity contribution in [3.05, 3.63) is 24.0 Å². The van der Waals surface area contributed by atoms with Crippen LogP contribution in [-0.4, -0.2) is 15.9 Å². The number of carbonyl (C=O) groups is 2. The Morgan fingerprint density at radius 1 is 1.36 bits per heavy atom. The number of pyridine rings is 1. The molecule has 4 heteroatoms. The summed E-state index contributed by atoms with van der Waals surface area (Å²) >= 11 is 0.948. The molecule has 0 spiro atoms. The van der Waals surface area contributed by atoms with E-state index in [4.69, 9.17) is 0 Å². The molecule has 54 valence electrons. The Balaban J connectivity index is 2.64. The molecule has 3 nitrogen and oxygen atoms in total. The average molecular weight is 165 g/mol. The standard InChI is InChI=1S/C7H3NO2S/c9-6-4-1-2-8-3-5(4)11-7(6)10/h1-3H. The largest absolute Gasteiger partial charge is 0.284 e. The Kier molecular flexibility index (Phi) is 1.29. The molecular weight excluding hydrogens is 162 g/mol. The Morgan fingerprint density at radius 2 is 2.18 bits per heavy atom. The molecule has 11 heavy (non-hydrogen) atoms.